The molecule has 1 aromatic rings. The molecule has 3 aliphatic rings. The van der Waals surface area contributed by atoms with Crippen molar-refractivity contribution in [2.24, 2.45) is 11.3 Å². The Morgan fingerprint density at radius 1 is 1.19 bits per heavy atom. The molecule has 1 heterocycles. The Bertz CT molecular complexity index is 476. The van der Waals surface area contributed by atoms with Crippen LogP contribution < -0.4 is 5.32 Å². The van der Waals surface area contributed by atoms with E-state index in [-0.39, 0.29) is 0 Å². The Balaban J connectivity index is 1.53. The normalized spacial score (nSPS) is 32.0. The van der Waals surface area contributed by atoms with E-state index in [9.17, 15) is 0 Å². The summed E-state index contributed by atoms with van der Waals surface area (Å²) in [6.45, 7) is 6.00. The first-order chi connectivity index (χ1) is 10.3. The van der Waals surface area contributed by atoms with E-state index in [0.717, 1.165) is 12.5 Å². The van der Waals surface area contributed by atoms with E-state index in [1.54, 1.807) is 0 Å². The van der Waals surface area contributed by atoms with Crippen molar-refractivity contribution in [1.29, 1.82) is 0 Å². The van der Waals surface area contributed by atoms with Crippen molar-refractivity contribution >= 4 is 0 Å². The van der Waals surface area contributed by atoms with Gasteiger partial charge in [0, 0.05) is 31.7 Å². The van der Waals surface area contributed by atoms with Gasteiger partial charge in [0.05, 0.1) is 0 Å². The largest absolute Gasteiger partial charge is 0.311 e. The van der Waals surface area contributed by atoms with Crippen LogP contribution >= 0.6 is 0 Å². The van der Waals surface area contributed by atoms with Gasteiger partial charge in [0.1, 0.15) is 0 Å². The van der Waals surface area contributed by atoms with Gasteiger partial charge in [-0.05, 0) is 49.0 Å². The summed E-state index contributed by atoms with van der Waals surface area (Å²) in [4.78, 5) is 2.81. The van der Waals surface area contributed by atoms with Crippen molar-refractivity contribution in [3.8, 4) is 0 Å². The summed E-state index contributed by atoms with van der Waals surface area (Å²) in [6.07, 6.45) is 7.22. The summed E-state index contributed by atoms with van der Waals surface area (Å²) >= 11 is 0. The quantitative estimate of drug-likeness (QED) is 0.888. The maximum Gasteiger partial charge on any atom is 0.0473 e. The molecule has 0 amide bonds. The molecule has 1 saturated heterocycles. The number of hydrogen-bond acceptors (Lipinski definition) is 2. The zero-order chi connectivity index (χ0) is 14.3. The maximum absolute atomic E-state index is 3.76. The van der Waals surface area contributed by atoms with Crippen LogP contribution in [0.15, 0.2) is 30.3 Å². The Hall–Kier alpha value is -0.860. The van der Waals surface area contributed by atoms with Crippen LogP contribution in [0.5, 0.6) is 0 Å². The van der Waals surface area contributed by atoms with E-state index < -0.39 is 0 Å². The Kier molecular flexibility index (Phi) is 3.55. The van der Waals surface area contributed by atoms with E-state index in [2.05, 4.69) is 47.5 Å². The molecule has 0 spiro atoms. The van der Waals surface area contributed by atoms with E-state index >= 15 is 0 Å². The maximum atomic E-state index is 3.76. The molecule has 114 valence electrons. The molecule has 0 radical (unpaired) electrons. The van der Waals surface area contributed by atoms with E-state index in [4.69, 9.17) is 0 Å². The highest BCUT2D eigenvalue weighted by atomic mass is 15.2. The summed E-state index contributed by atoms with van der Waals surface area (Å²) < 4.78 is 0. The summed E-state index contributed by atoms with van der Waals surface area (Å²) in [7, 11) is 0. The predicted octanol–water partition coefficient (Wildman–Crippen LogP) is 3.60. The van der Waals surface area contributed by atoms with E-state index in [0.29, 0.717) is 17.5 Å². The minimum atomic E-state index is 0.574. The fourth-order valence-electron chi connectivity index (χ4n) is 4.29. The Morgan fingerprint density at radius 3 is 2.57 bits per heavy atom. The number of rotatable bonds is 5. The molecular weight excluding hydrogens is 256 g/mol. The van der Waals surface area contributed by atoms with Crippen LogP contribution in [0.2, 0.25) is 0 Å². The standard InChI is InChI=1S/C19H28N2/c1-2-17-13-21(14-19(10-11-19)16-8-9-16)18(12-20-17)15-6-4-3-5-7-15/h3-7,16-18,20H,2,8-14H2,1H3. The van der Waals surface area contributed by atoms with Crippen LogP contribution in [-0.2, 0) is 0 Å². The third-order valence-electron chi connectivity index (χ3n) is 6.03. The van der Waals surface area contributed by atoms with Gasteiger partial charge in [-0.2, -0.15) is 0 Å². The molecule has 2 heteroatoms. The van der Waals surface area contributed by atoms with Gasteiger partial charge in [0.2, 0.25) is 0 Å². The van der Waals surface area contributed by atoms with E-state index in [1.165, 1.54) is 50.8 Å². The second-order valence-corrected chi connectivity index (χ2v) is 7.51. The van der Waals surface area contributed by atoms with Crippen molar-refractivity contribution < 1.29 is 0 Å². The number of hydrogen-bond donors (Lipinski definition) is 1. The molecule has 4 rings (SSSR count). The summed E-state index contributed by atoms with van der Waals surface area (Å²) in [6, 6.07) is 12.4. The van der Waals surface area contributed by atoms with Crippen molar-refractivity contribution in [3.63, 3.8) is 0 Å². The number of nitrogens with zero attached hydrogens (tertiary/aromatic N) is 1. The molecule has 2 unspecified atom stereocenters. The van der Waals surface area contributed by atoms with E-state index in [1.807, 2.05) is 0 Å². The molecule has 1 aromatic carbocycles. The molecule has 1 aliphatic heterocycles. The summed E-state index contributed by atoms with van der Waals surface area (Å²) in [5, 5.41) is 3.76. The second kappa shape index (κ2) is 5.40. The highest BCUT2D eigenvalue weighted by molar-refractivity contribution is 5.21. The van der Waals surface area contributed by atoms with Crippen molar-refractivity contribution in [2.75, 3.05) is 19.6 Å². The third kappa shape index (κ3) is 2.76. The first-order valence-electron chi connectivity index (χ1n) is 8.83. The van der Waals surface area contributed by atoms with Gasteiger partial charge < -0.3 is 5.32 Å². The zero-order valence-electron chi connectivity index (χ0n) is 13.2. The molecule has 21 heavy (non-hydrogen) atoms. The fourth-order valence-corrected chi connectivity index (χ4v) is 4.29. The fraction of sp³-hybridized carbons (Fsp3) is 0.684. The van der Waals surface area contributed by atoms with Gasteiger partial charge in [0.25, 0.3) is 0 Å². The second-order valence-electron chi connectivity index (χ2n) is 7.51. The van der Waals surface area contributed by atoms with Gasteiger partial charge in [-0.1, -0.05) is 37.3 Å². The molecule has 0 bridgehead atoms. The zero-order valence-corrected chi connectivity index (χ0v) is 13.2. The van der Waals surface area contributed by atoms with Crippen molar-refractivity contribution in [1.82, 2.24) is 10.2 Å². The lowest BCUT2D eigenvalue weighted by atomic mass is 9.94. The first-order valence-corrected chi connectivity index (χ1v) is 8.83. The van der Waals surface area contributed by atoms with Gasteiger partial charge >= 0.3 is 0 Å². The molecule has 2 aliphatic carbocycles. The van der Waals surface area contributed by atoms with Crippen molar-refractivity contribution in [3.05, 3.63) is 35.9 Å². The molecule has 3 fully saturated rings. The molecule has 2 saturated carbocycles. The number of nitrogens with one attached hydrogen (secondary N) is 1. The SMILES string of the molecule is CCC1CN(CC2(C3CC3)CC2)C(c2ccccc2)CN1. The smallest absolute Gasteiger partial charge is 0.0473 e. The molecule has 1 N–H and O–H groups in total. The van der Waals surface area contributed by atoms with Crippen LogP contribution in [0, 0.1) is 11.3 Å². The van der Waals surface area contributed by atoms with Crippen molar-refractivity contribution in [2.45, 2.75) is 51.1 Å². The first kappa shape index (κ1) is 13.8. The Morgan fingerprint density at radius 2 is 1.95 bits per heavy atom. The van der Waals surface area contributed by atoms with Crippen LogP contribution in [0.25, 0.3) is 0 Å². The van der Waals surface area contributed by atoms with Crippen LogP contribution in [0.4, 0.5) is 0 Å². The molecule has 0 aromatic heterocycles. The van der Waals surface area contributed by atoms with Gasteiger partial charge in [-0.25, -0.2) is 0 Å². The lowest BCUT2D eigenvalue weighted by Crippen LogP contribution is -2.53. The van der Waals surface area contributed by atoms with Gasteiger partial charge in [-0.3, -0.25) is 4.90 Å². The highest BCUT2D eigenvalue weighted by Gasteiger charge is 2.54. The third-order valence-corrected chi connectivity index (χ3v) is 6.03. The van der Waals surface area contributed by atoms with Crippen LogP contribution in [0.1, 0.15) is 50.6 Å². The summed E-state index contributed by atoms with van der Waals surface area (Å²) in [5.74, 6) is 1.06. The minimum absolute atomic E-state index is 0.574. The average Bonchev–Trinajstić information content (AvgIpc) is 3.41. The topological polar surface area (TPSA) is 15.3 Å². The Labute approximate surface area is 128 Å². The molecular formula is C19H28N2. The number of piperazine rings is 1. The predicted molar refractivity (Wildman–Crippen MR) is 87.2 cm³/mol. The lowest BCUT2D eigenvalue weighted by Gasteiger charge is -2.42. The highest BCUT2D eigenvalue weighted by Crippen LogP contribution is 2.62. The molecule has 2 atom stereocenters. The van der Waals surface area contributed by atoms with Crippen LogP contribution in [-0.4, -0.2) is 30.6 Å². The lowest BCUT2D eigenvalue weighted by molar-refractivity contribution is 0.0960. The molecule has 2 nitrogen and oxygen atoms in total. The van der Waals surface area contributed by atoms with Gasteiger partial charge in [-0.15, -0.1) is 0 Å². The average molecular weight is 284 g/mol. The van der Waals surface area contributed by atoms with Crippen LogP contribution in [0.3, 0.4) is 0 Å². The minimum Gasteiger partial charge on any atom is -0.311 e. The number of benzene rings is 1. The summed E-state index contributed by atoms with van der Waals surface area (Å²) in [5.41, 5.74) is 2.20. The monoisotopic (exact) mass is 284 g/mol. The van der Waals surface area contributed by atoms with Gasteiger partial charge in [0.15, 0.2) is 0 Å².